The van der Waals surface area contributed by atoms with Crippen LogP contribution in [-0.4, -0.2) is 22.3 Å². The predicted octanol–water partition coefficient (Wildman–Crippen LogP) is 1.03. The zero-order valence-electron chi connectivity index (χ0n) is 6.03. The van der Waals surface area contributed by atoms with E-state index in [2.05, 4.69) is 15.9 Å². The third-order valence-corrected chi connectivity index (χ3v) is 1.73. The molecule has 0 fully saturated rings. The number of aliphatic hydroxyl groups excluding tert-OH is 1. The number of halogens is 1. The summed E-state index contributed by atoms with van der Waals surface area (Å²) in [6.45, 7) is 0. The fraction of sp³-hybridized carbons (Fsp3) is 0.286. The van der Waals surface area contributed by atoms with Crippen LogP contribution in [0.15, 0.2) is 21.2 Å². The van der Waals surface area contributed by atoms with E-state index in [4.69, 9.17) is 14.6 Å². The Hall–Kier alpha value is -0.810. The third-order valence-electron chi connectivity index (χ3n) is 1.31. The highest BCUT2D eigenvalue weighted by Gasteiger charge is 2.15. The lowest BCUT2D eigenvalue weighted by Gasteiger charge is -2.00. The number of aliphatic hydroxyl groups is 1. The van der Waals surface area contributed by atoms with Crippen molar-refractivity contribution in [3.63, 3.8) is 0 Å². The molecule has 12 heavy (non-hydrogen) atoms. The molecule has 5 heteroatoms. The second-order valence-electron chi connectivity index (χ2n) is 2.26. The van der Waals surface area contributed by atoms with Crippen molar-refractivity contribution >= 4 is 21.9 Å². The number of carboxylic acids is 1. The van der Waals surface area contributed by atoms with E-state index in [1.165, 1.54) is 0 Å². The smallest absolute Gasteiger partial charge is 0.332 e. The molecule has 1 unspecified atom stereocenters. The molecule has 1 aromatic rings. The van der Waals surface area contributed by atoms with Gasteiger partial charge in [0, 0.05) is 6.42 Å². The molecule has 1 aromatic heterocycles. The van der Waals surface area contributed by atoms with Crippen molar-refractivity contribution in [2.45, 2.75) is 12.5 Å². The van der Waals surface area contributed by atoms with Crippen LogP contribution in [0.3, 0.4) is 0 Å². The molecular formula is C7H7BrO4. The number of aliphatic carboxylic acids is 1. The summed E-state index contributed by atoms with van der Waals surface area (Å²) in [5, 5.41) is 17.3. The molecule has 66 valence electrons. The van der Waals surface area contributed by atoms with Crippen molar-refractivity contribution in [3.05, 3.63) is 22.6 Å². The van der Waals surface area contributed by atoms with Gasteiger partial charge in [0.2, 0.25) is 0 Å². The van der Waals surface area contributed by atoms with Gasteiger partial charge in [-0.2, -0.15) is 0 Å². The van der Waals surface area contributed by atoms with E-state index < -0.39 is 12.1 Å². The highest BCUT2D eigenvalue weighted by molar-refractivity contribution is 9.10. The monoisotopic (exact) mass is 234 g/mol. The quantitative estimate of drug-likeness (QED) is 0.820. The fourth-order valence-corrected chi connectivity index (χ4v) is 1.08. The first kappa shape index (κ1) is 9.28. The molecule has 0 aliphatic rings. The normalized spacial score (nSPS) is 12.8. The molecule has 0 aliphatic carbocycles. The standard InChI is InChI=1S/C7H7BrO4/c8-6-2-1-4(12-6)3-5(9)7(10)11/h1-2,5,9H,3H2,(H,10,11). The summed E-state index contributed by atoms with van der Waals surface area (Å²) in [6.07, 6.45) is -1.41. The summed E-state index contributed by atoms with van der Waals surface area (Å²) < 4.78 is 5.52. The van der Waals surface area contributed by atoms with Gasteiger partial charge in [0.05, 0.1) is 0 Å². The van der Waals surface area contributed by atoms with Gasteiger partial charge in [0.15, 0.2) is 10.8 Å². The number of furan rings is 1. The van der Waals surface area contributed by atoms with Gasteiger partial charge in [-0.15, -0.1) is 0 Å². The summed E-state index contributed by atoms with van der Waals surface area (Å²) in [5.41, 5.74) is 0. The van der Waals surface area contributed by atoms with Crippen LogP contribution in [0, 0.1) is 0 Å². The van der Waals surface area contributed by atoms with Gasteiger partial charge < -0.3 is 14.6 Å². The highest BCUT2D eigenvalue weighted by atomic mass is 79.9. The molecule has 0 saturated carbocycles. The molecule has 2 N–H and O–H groups in total. The van der Waals surface area contributed by atoms with Gasteiger partial charge in [-0.25, -0.2) is 4.79 Å². The summed E-state index contributed by atoms with van der Waals surface area (Å²) in [4.78, 5) is 10.2. The molecule has 0 amide bonds. The Morgan fingerprint density at radius 1 is 1.67 bits per heavy atom. The lowest BCUT2D eigenvalue weighted by atomic mass is 10.2. The van der Waals surface area contributed by atoms with Crippen molar-refractivity contribution in [1.29, 1.82) is 0 Å². The molecule has 0 spiro atoms. The first-order valence-electron chi connectivity index (χ1n) is 3.24. The molecule has 1 rings (SSSR count). The zero-order chi connectivity index (χ0) is 9.14. The van der Waals surface area contributed by atoms with Crippen LogP contribution in [0.25, 0.3) is 0 Å². The van der Waals surface area contributed by atoms with Gasteiger partial charge in [-0.1, -0.05) is 0 Å². The Balaban J connectivity index is 2.58. The minimum absolute atomic E-state index is 0.0130. The Bertz CT molecular complexity index is 281. The SMILES string of the molecule is O=C(O)C(O)Cc1ccc(Br)o1. The fourth-order valence-electron chi connectivity index (χ4n) is 0.739. The maximum Gasteiger partial charge on any atom is 0.332 e. The van der Waals surface area contributed by atoms with E-state index in [-0.39, 0.29) is 6.42 Å². The van der Waals surface area contributed by atoms with Gasteiger partial charge in [-0.05, 0) is 28.1 Å². The Morgan fingerprint density at radius 2 is 2.33 bits per heavy atom. The van der Waals surface area contributed by atoms with E-state index >= 15 is 0 Å². The van der Waals surface area contributed by atoms with E-state index in [1.54, 1.807) is 12.1 Å². The Kier molecular flexibility index (Phi) is 2.88. The van der Waals surface area contributed by atoms with Gasteiger partial charge in [-0.3, -0.25) is 0 Å². The minimum Gasteiger partial charge on any atom is -0.479 e. The molecule has 0 bridgehead atoms. The van der Waals surface area contributed by atoms with Crippen LogP contribution in [0.1, 0.15) is 5.76 Å². The molecule has 4 nitrogen and oxygen atoms in total. The van der Waals surface area contributed by atoms with Crippen LogP contribution in [0.2, 0.25) is 0 Å². The molecule has 1 atom stereocenters. The van der Waals surface area contributed by atoms with E-state index in [0.29, 0.717) is 10.4 Å². The Morgan fingerprint density at radius 3 is 2.75 bits per heavy atom. The first-order chi connectivity index (χ1) is 5.59. The lowest BCUT2D eigenvalue weighted by molar-refractivity contribution is -0.146. The van der Waals surface area contributed by atoms with Crippen molar-refractivity contribution in [2.75, 3.05) is 0 Å². The maximum atomic E-state index is 10.2. The van der Waals surface area contributed by atoms with E-state index in [9.17, 15) is 4.79 Å². The first-order valence-corrected chi connectivity index (χ1v) is 4.04. The largest absolute Gasteiger partial charge is 0.479 e. The molecule has 0 aromatic carbocycles. The second-order valence-corrected chi connectivity index (χ2v) is 3.05. The maximum absolute atomic E-state index is 10.2. The lowest BCUT2D eigenvalue weighted by Crippen LogP contribution is -2.21. The van der Waals surface area contributed by atoms with Crippen LogP contribution in [0.4, 0.5) is 0 Å². The van der Waals surface area contributed by atoms with Crippen LogP contribution in [-0.2, 0) is 11.2 Å². The average Bonchev–Trinajstić information content (AvgIpc) is 2.35. The van der Waals surface area contributed by atoms with Crippen molar-refractivity contribution in [1.82, 2.24) is 0 Å². The van der Waals surface area contributed by atoms with E-state index in [0.717, 1.165) is 0 Å². The molecule has 1 heterocycles. The minimum atomic E-state index is -1.40. The third kappa shape index (κ3) is 2.35. The van der Waals surface area contributed by atoms with Crippen molar-refractivity contribution in [3.8, 4) is 0 Å². The van der Waals surface area contributed by atoms with Crippen LogP contribution >= 0.6 is 15.9 Å². The number of carbonyl (C=O) groups is 1. The number of carboxylic acid groups (broad SMARTS) is 1. The van der Waals surface area contributed by atoms with Crippen molar-refractivity contribution < 1.29 is 19.4 Å². The zero-order valence-corrected chi connectivity index (χ0v) is 7.61. The average molecular weight is 235 g/mol. The summed E-state index contributed by atoms with van der Waals surface area (Å²) in [5.74, 6) is -0.806. The predicted molar refractivity (Wildman–Crippen MR) is 43.8 cm³/mol. The van der Waals surface area contributed by atoms with Gasteiger partial charge in [0.1, 0.15) is 5.76 Å². The van der Waals surface area contributed by atoms with Crippen LogP contribution < -0.4 is 0 Å². The molecular weight excluding hydrogens is 228 g/mol. The van der Waals surface area contributed by atoms with Gasteiger partial charge >= 0.3 is 5.97 Å². The number of hydrogen-bond acceptors (Lipinski definition) is 3. The summed E-state index contributed by atoms with van der Waals surface area (Å²) in [7, 11) is 0. The number of hydrogen-bond donors (Lipinski definition) is 2. The summed E-state index contributed by atoms with van der Waals surface area (Å²) in [6, 6.07) is 3.25. The number of rotatable bonds is 3. The van der Waals surface area contributed by atoms with Crippen molar-refractivity contribution in [2.24, 2.45) is 0 Å². The Labute approximate surface area is 76.9 Å². The molecule has 0 radical (unpaired) electrons. The van der Waals surface area contributed by atoms with Crippen LogP contribution in [0.5, 0.6) is 0 Å². The highest BCUT2D eigenvalue weighted by Crippen LogP contribution is 2.15. The molecule has 0 aliphatic heterocycles. The van der Waals surface area contributed by atoms with Gasteiger partial charge in [0.25, 0.3) is 0 Å². The topological polar surface area (TPSA) is 70.7 Å². The second kappa shape index (κ2) is 3.73. The summed E-state index contributed by atoms with van der Waals surface area (Å²) >= 11 is 3.06. The van der Waals surface area contributed by atoms with E-state index in [1.807, 2.05) is 0 Å². The molecule has 0 saturated heterocycles.